The number of benzene rings is 2. The fraction of sp³-hybridized carbons (Fsp3) is 0.263. The summed E-state index contributed by atoms with van der Waals surface area (Å²) in [6.45, 7) is 0.261. The molecule has 1 fully saturated rings. The van der Waals surface area contributed by atoms with E-state index in [1.54, 1.807) is 0 Å². The summed E-state index contributed by atoms with van der Waals surface area (Å²) in [4.78, 5) is 4.26. The van der Waals surface area contributed by atoms with E-state index in [2.05, 4.69) is 10.1 Å². The maximum Gasteiger partial charge on any atom is 0.416 e. The van der Waals surface area contributed by atoms with Gasteiger partial charge in [0, 0.05) is 17.1 Å². The predicted molar refractivity (Wildman–Crippen MR) is 102 cm³/mol. The second-order valence-electron chi connectivity index (χ2n) is 6.76. The summed E-state index contributed by atoms with van der Waals surface area (Å²) < 4.78 is 71.4. The number of sulfonamides is 1. The van der Waals surface area contributed by atoms with Crippen LogP contribution in [0.25, 0.3) is 11.4 Å². The number of alkyl halides is 3. The Labute approximate surface area is 175 Å². The van der Waals surface area contributed by atoms with Crippen LogP contribution in [0, 0.1) is 0 Å². The Kier molecular flexibility index (Phi) is 5.33. The van der Waals surface area contributed by atoms with Crippen molar-refractivity contribution in [3.8, 4) is 11.4 Å². The third-order valence-electron chi connectivity index (χ3n) is 4.80. The highest BCUT2D eigenvalue weighted by molar-refractivity contribution is 7.89. The minimum atomic E-state index is -4.50. The number of hydrogen-bond donors (Lipinski definition) is 0. The molecular formula is C19H15ClF3N3O3S. The van der Waals surface area contributed by atoms with Gasteiger partial charge in [-0.1, -0.05) is 28.9 Å². The quantitative estimate of drug-likeness (QED) is 0.555. The summed E-state index contributed by atoms with van der Waals surface area (Å²) in [5.74, 6) is 0.00397. The van der Waals surface area contributed by atoms with Gasteiger partial charge in [0.05, 0.1) is 10.5 Å². The molecule has 1 atom stereocenters. The van der Waals surface area contributed by atoms with E-state index >= 15 is 0 Å². The average Bonchev–Trinajstić information content (AvgIpc) is 3.37. The Bertz CT molecular complexity index is 1160. The number of nitrogens with zero attached hydrogens (tertiary/aromatic N) is 3. The maximum absolute atomic E-state index is 13.0. The van der Waals surface area contributed by atoms with E-state index in [4.69, 9.17) is 16.1 Å². The van der Waals surface area contributed by atoms with Crippen molar-refractivity contribution in [2.45, 2.75) is 30.0 Å². The Balaban J connectivity index is 1.64. The third-order valence-corrected chi connectivity index (χ3v) is 6.97. The van der Waals surface area contributed by atoms with E-state index in [0.717, 1.165) is 12.1 Å². The van der Waals surface area contributed by atoms with Gasteiger partial charge < -0.3 is 4.52 Å². The van der Waals surface area contributed by atoms with Crippen molar-refractivity contribution in [2.24, 2.45) is 0 Å². The molecule has 1 aliphatic heterocycles. The molecule has 0 bridgehead atoms. The summed E-state index contributed by atoms with van der Waals surface area (Å²) in [6, 6.07) is 9.65. The van der Waals surface area contributed by atoms with Crippen LogP contribution in [0.5, 0.6) is 0 Å². The third kappa shape index (κ3) is 3.94. The van der Waals surface area contributed by atoms with Crippen molar-refractivity contribution in [1.82, 2.24) is 14.4 Å². The second kappa shape index (κ2) is 7.68. The van der Waals surface area contributed by atoms with Gasteiger partial charge in [0.25, 0.3) is 0 Å². The monoisotopic (exact) mass is 457 g/mol. The lowest BCUT2D eigenvalue weighted by Gasteiger charge is -2.21. The number of rotatable bonds is 4. The lowest BCUT2D eigenvalue weighted by molar-refractivity contribution is -0.137. The van der Waals surface area contributed by atoms with Crippen LogP contribution < -0.4 is 0 Å². The van der Waals surface area contributed by atoms with Crippen molar-refractivity contribution in [2.75, 3.05) is 6.54 Å². The van der Waals surface area contributed by atoms with Crippen molar-refractivity contribution < 1.29 is 26.1 Å². The minimum Gasteiger partial charge on any atom is -0.337 e. The molecule has 0 N–H and O–H groups in total. The molecule has 158 valence electrons. The van der Waals surface area contributed by atoms with Crippen LogP contribution in [0.4, 0.5) is 13.2 Å². The van der Waals surface area contributed by atoms with Crippen LogP contribution in [0.15, 0.2) is 57.9 Å². The smallest absolute Gasteiger partial charge is 0.337 e. The van der Waals surface area contributed by atoms with Gasteiger partial charge in [-0.05, 0) is 49.2 Å². The normalized spacial score (nSPS) is 18.1. The second-order valence-corrected chi connectivity index (χ2v) is 9.09. The van der Waals surface area contributed by atoms with Crippen LogP contribution in [-0.2, 0) is 16.2 Å². The van der Waals surface area contributed by atoms with Crippen molar-refractivity contribution in [3.63, 3.8) is 0 Å². The molecule has 6 nitrogen and oxygen atoms in total. The zero-order valence-corrected chi connectivity index (χ0v) is 16.9. The number of halogens is 4. The van der Waals surface area contributed by atoms with Crippen molar-refractivity contribution in [1.29, 1.82) is 0 Å². The van der Waals surface area contributed by atoms with Crippen LogP contribution in [0.3, 0.4) is 0 Å². The zero-order valence-electron chi connectivity index (χ0n) is 15.3. The standard InChI is InChI=1S/C19H15ClF3N3O3S/c20-14-6-8-15(9-7-14)30(27,28)26-10-2-5-16(26)18-24-17(25-29-18)12-3-1-4-13(11-12)19(21,22)23/h1,3-4,6-9,11,16H,2,5,10H2. The molecular weight excluding hydrogens is 443 g/mol. The Morgan fingerprint density at radius 2 is 1.87 bits per heavy atom. The van der Waals surface area contributed by atoms with Gasteiger partial charge in [-0.2, -0.15) is 22.5 Å². The van der Waals surface area contributed by atoms with Gasteiger partial charge in [0.15, 0.2) is 0 Å². The Hall–Kier alpha value is -2.43. The molecule has 30 heavy (non-hydrogen) atoms. The number of hydrogen-bond acceptors (Lipinski definition) is 5. The van der Waals surface area contributed by atoms with Crippen LogP contribution in [-0.4, -0.2) is 29.4 Å². The van der Waals surface area contributed by atoms with Gasteiger partial charge in [-0.3, -0.25) is 0 Å². The summed E-state index contributed by atoms with van der Waals surface area (Å²) in [5.41, 5.74) is -0.705. The first-order valence-electron chi connectivity index (χ1n) is 8.95. The summed E-state index contributed by atoms with van der Waals surface area (Å²) >= 11 is 5.83. The van der Waals surface area contributed by atoms with Crippen molar-refractivity contribution in [3.05, 3.63) is 65.0 Å². The maximum atomic E-state index is 13.0. The molecule has 2 aromatic carbocycles. The van der Waals surface area contributed by atoms with Gasteiger partial charge >= 0.3 is 6.18 Å². The molecule has 1 saturated heterocycles. The van der Waals surface area contributed by atoms with Gasteiger partial charge in [0.2, 0.25) is 21.7 Å². The van der Waals surface area contributed by atoms with E-state index in [0.29, 0.717) is 17.9 Å². The van der Waals surface area contributed by atoms with E-state index in [-0.39, 0.29) is 28.7 Å². The topological polar surface area (TPSA) is 76.3 Å². The fourth-order valence-electron chi connectivity index (χ4n) is 3.34. The molecule has 0 spiro atoms. The zero-order chi connectivity index (χ0) is 21.5. The van der Waals surface area contributed by atoms with Gasteiger partial charge in [-0.25, -0.2) is 8.42 Å². The largest absolute Gasteiger partial charge is 0.416 e. The molecule has 0 aliphatic carbocycles. The Morgan fingerprint density at radius 1 is 1.13 bits per heavy atom. The molecule has 3 aromatic rings. The van der Waals surface area contributed by atoms with Crippen molar-refractivity contribution >= 4 is 21.6 Å². The average molecular weight is 458 g/mol. The summed E-state index contributed by atoms with van der Waals surface area (Å²) in [5, 5.41) is 4.17. The highest BCUT2D eigenvalue weighted by Crippen LogP contribution is 2.37. The molecule has 2 heterocycles. The molecule has 1 aliphatic rings. The number of aromatic nitrogens is 2. The fourth-order valence-corrected chi connectivity index (χ4v) is 5.12. The molecule has 0 radical (unpaired) electrons. The first-order valence-corrected chi connectivity index (χ1v) is 10.8. The lowest BCUT2D eigenvalue weighted by Crippen LogP contribution is -2.30. The summed E-state index contributed by atoms with van der Waals surface area (Å²) in [7, 11) is -3.84. The first kappa shape index (κ1) is 20.8. The van der Waals surface area contributed by atoms with E-state index in [9.17, 15) is 21.6 Å². The molecule has 0 amide bonds. The SMILES string of the molecule is O=S(=O)(c1ccc(Cl)cc1)N1CCCC1c1nc(-c2cccc(C(F)(F)F)c2)no1. The van der Waals surface area contributed by atoms with E-state index < -0.39 is 27.8 Å². The predicted octanol–water partition coefficient (Wildman–Crippen LogP) is 4.93. The van der Waals surface area contributed by atoms with E-state index in [1.165, 1.54) is 40.7 Å². The minimum absolute atomic E-state index is 0.0353. The first-order chi connectivity index (χ1) is 14.2. The lowest BCUT2D eigenvalue weighted by atomic mass is 10.1. The highest BCUT2D eigenvalue weighted by Gasteiger charge is 2.39. The molecule has 1 aromatic heterocycles. The molecule has 4 rings (SSSR count). The molecule has 0 saturated carbocycles. The van der Waals surface area contributed by atoms with Crippen LogP contribution >= 0.6 is 11.6 Å². The van der Waals surface area contributed by atoms with Gasteiger partial charge in [0.1, 0.15) is 6.04 Å². The van der Waals surface area contributed by atoms with Crippen LogP contribution in [0.2, 0.25) is 5.02 Å². The molecule has 1 unspecified atom stereocenters. The van der Waals surface area contributed by atoms with Gasteiger partial charge in [-0.15, -0.1) is 0 Å². The van der Waals surface area contributed by atoms with E-state index in [1.807, 2.05) is 0 Å². The molecule has 11 heteroatoms. The highest BCUT2D eigenvalue weighted by atomic mass is 35.5. The summed E-state index contributed by atoms with van der Waals surface area (Å²) in [6.07, 6.45) is -3.46. The van der Waals surface area contributed by atoms with Crippen LogP contribution in [0.1, 0.15) is 30.3 Å². The Morgan fingerprint density at radius 3 is 2.57 bits per heavy atom.